The Hall–Kier alpha value is -1.18. The van der Waals surface area contributed by atoms with E-state index in [9.17, 15) is 71.5 Å². The lowest BCUT2D eigenvalue weighted by Crippen LogP contribution is -2.66. The summed E-state index contributed by atoms with van der Waals surface area (Å²) in [7, 11) is 0. The third-order valence-corrected chi connectivity index (χ3v) is 19.7. The first-order chi connectivity index (χ1) is 34.8. The summed E-state index contributed by atoms with van der Waals surface area (Å²) in [4.78, 5) is 0. The van der Waals surface area contributed by atoms with Gasteiger partial charge in [-0.25, -0.2) is 0 Å². The lowest BCUT2D eigenvalue weighted by Gasteiger charge is -2.59. The summed E-state index contributed by atoms with van der Waals surface area (Å²) in [6.45, 7) is 9.93. The molecule has 0 spiro atoms. The molecule has 0 aromatic carbocycles. The van der Waals surface area contributed by atoms with Crippen LogP contribution < -0.4 is 0 Å². The van der Waals surface area contributed by atoms with Crippen molar-refractivity contribution in [2.75, 3.05) is 19.8 Å². The SMILES string of the molecule is CC(CCC1(O)OC2CC3C4CC=C5C[C@H](O[C@H]6O[C@@H](CO)[C@H](O[C@H]7O[C@H](C)[C@@H](O)[C@H](O)[C@@H]7O)[C@@H](O)[C@@H]6O[C@H]6O[C@H](C)[C@@H](O)[C@H](O)[C@@H]6O)CC[C@@]5(C)C4CC[C@@]3(C)[C@]2(O)[C@H]1C)CO[C@H]1O[C@@H](CO)[C@H](O)[C@@H](O)[C@@H]1O. The van der Waals surface area contributed by atoms with Gasteiger partial charge >= 0.3 is 0 Å². The van der Waals surface area contributed by atoms with E-state index in [4.69, 9.17) is 42.6 Å². The van der Waals surface area contributed by atoms with Gasteiger partial charge < -0.3 is 114 Å². The molecule has 9 rings (SSSR count). The molecule has 6 unspecified atom stereocenters. The molecule has 74 heavy (non-hydrogen) atoms. The highest BCUT2D eigenvalue weighted by atomic mass is 16.8. The molecule has 23 nitrogen and oxygen atoms in total. The molecule has 31 atom stereocenters. The summed E-state index contributed by atoms with van der Waals surface area (Å²) in [6.07, 6.45) is -22.8. The predicted molar refractivity (Wildman–Crippen MR) is 250 cm³/mol. The Balaban J connectivity index is 0.858. The molecule has 4 aliphatic carbocycles. The van der Waals surface area contributed by atoms with Gasteiger partial charge in [0.1, 0.15) is 91.1 Å². The molecule has 0 radical (unpaired) electrons. The minimum absolute atomic E-state index is 0.0822. The molecule has 5 aliphatic heterocycles. The molecular formula is C51H84O23. The number of aliphatic hydroxyl groups is 14. The van der Waals surface area contributed by atoms with Gasteiger partial charge in [-0.15, -0.1) is 0 Å². The van der Waals surface area contributed by atoms with Gasteiger partial charge in [-0.05, 0) is 94.3 Å². The Morgan fingerprint density at radius 2 is 1.22 bits per heavy atom. The molecule has 0 amide bonds. The molecule has 5 heterocycles. The van der Waals surface area contributed by atoms with Crippen LogP contribution in [-0.2, 0) is 42.6 Å². The lowest BCUT2D eigenvalue weighted by atomic mass is 9.46. The second kappa shape index (κ2) is 21.7. The number of aliphatic hydroxyl groups excluding tert-OH is 12. The minimum Gasteiger partial charge on any atom is -0.394 e. The van der Waals surface area contributed by atoms with Crippen LogP contribution in [0.15, 0.2) is 11.6 Å². The van der Waals surface area contributed by atoms with Gasteiger partial charge in [0.25, 0.3) is 0 Å². The fourth-order valence-corrected chi connectivity index (χ4v) is 14.9. The first kappa shape index (κ1) is 57.5. The van der Waals surface area contributed by atoms with Crippen molar-refractivity contribution in [3.8, 4) is 0 Å². The second-order valence-corrected chi connectivity index (χ2v) is 23.9. The number of allylic oxidation sites excluding steroid dienone is 1. The molecular weight excluding hydrogens is 981 g/mol. The molecule has 5 saturated heterocycles. The highest BCUT2D eigenvalue weighted by Crippen LogP contribution is 2.71. The summed E-state index contributed by atoms with van der Waals surface area (Å²) in [5.74, 6) is -1.85. The molecule has 3 saturated carbocycles. The van der Waals surface area contributed by atoms with E-state index in [0.29, 0.717) is 32.1 Å². The summed E-state index contributed by atoms with van der Waals surface area (Å²) >= 11 is 0. The fourth-order valence-electron chi connectivity index (χ4n) is 14.9. The predicted octanol–water partition coefficient (Wildman–Crippen LogP) is -2.86. The summed E-state index contributed by atoms with van der Waals surface area (Å²) in [6, 6.07) is 0. The first-order valence-corrected chi connectivity index (χ1v) is 26.9. The minimum atomic E-state index is -1.77. The maximum absolute atomic E-state index is 12.9. The number of hydrogen-bond donors (Lipinski definition) is 14. The van der Waals surface area contributed by atoms with Crippen molar-refractivity contribution in [3.63, 3.8) is 0 Å². The lowest BCUT2D eigenvalue weighted by molar-refractivity contribution is -0.388. The molecule has 23 heteroatoms. The normalized spacial score (nSPS) is 55.9. The van der Waals surface area contributed by atoms with Crippen LogP contribution in [0.2, 0.25) is 0 Å². The first-order valence-electron chi connectivity index (χ1n) is 26.9. The smallest absolute Gasteiger partial charge is 0.187 e. The van der Waals surface area contributed by atoms with Crippen LogP contribution in [0.4, 0.5) is 0 Å². The molecule has 426 valence electrons. The summed E-state index contributed by atoms with van der Waals surface area (Å²) in [5.41, 5.74) is -0.916. The molecule has 8 fully saturated rings. The summed E-state index contributed by atoms with van der Waals surface area (Å²) < 4.78 is 54.3. The van der Waals surface area contributed by atoms with Crippen LogP contribution in [0.25, 0.3) is 0 Å². The Bertz CT molecular complexity index is 1950. The third kappa shape index (κ3) is 9.68. The van der Waals surface area contributed by atoms with Crippen LogP contribution in [0.1, 0.15) is 99.3 Å². The van der Waals surface area contributed by atoms with E-state index in [1.807, 2.05) is 13.8 Å². The van der Waals surface area contributed by atoms with Gasteiger partial charge in [0.2, 0.25) is 0 Å². The Kier molecular flexibility index (Phi) is 16.9. The maximum Gasteiger partial charge on any atom is 0.187 e. The van der Waals surface area contributed by atoms with Crippen molar-refractivity contribution in [2.24, 2.45) is 40.4 Å². The van der Waals surface area contributed by atoms with Crippen LogP contribution in [0.5, 0.6) is 0 Å². The van der Waals surface area contributed by atoms with Crippen LogP contribution >= 0.6 is 0 Å². The van der Waals surface area contributed by atoms with Crippen LogP contribution in [0, 0.1) is 40.4 Å². The topological polar surface area (TPSA) is 366 Å². The van der Waals surface area contributed by atoms with Gasteiger partial charge in [-0.1, -0.05) is 39.3 Å². The van der Waals surface area contributed by atoms with Crippen molar-refractivity contribution in [1.82, 2.24) is 0 Å². The molecule has 9 aliphatic rings. The van der Waals surface area contributed by atoms with E-state index in [-0.39, 0.29) is 42.1 Å². The largest absolute Gasteiger partial charge is 0.394 e. The fraction of sp³-hybridized carbons (Fsp3) is 0.961. The Morgan fingerprint density at radius 1 is 0.635 bits per heavy atom. The number of rotatable bonds is 14. The standard InChI is InChI=1S/C51H84O23/c1-20(19-66-44-38(60)37(59)34(56)29(17-52)70-44)9-14-50(64)23(4)51(65)31(74-50)16-28-26-8-7-24-15-25(10-12-48(24,5)27(26)11-13-49(28,51)6)69-47-43(73-46-40(62)36(58)33(55)22(3)68-46)41(63)42(30(18-53)71-47)72-45-39(61)35(57)32(54)21(2)67-45/h7,20-23,25-47,52-65H,8-19H2,1-6H3/t20?,21-,22-,23+,25-,26?,27?,28?,29+,30+,31?,32-,33-,34+,35+,36+,37-,38+,39+,40+,41-,42+,43+,44+,45-,46-,47+,48-,49-,50?,51+/m1/s1. The van der Waals surface area contributed by atoms with E-state index >= 15 is 0 Å². The Morgan fingerprint density at radius 3 is 1.84 bits per heavy atom. The number of ether oxygens (including phenoxy) is 9. The van der Waals surface area contributed by atoms with E-state index in [1.54, 1.807) is 0 Å². The van der Waals surface area contributed by atoms with Crippen LogP contribution in [0.3, 0.4) is 0 Å². The highest BCUT2D eigenvalue weighted by Gasteiger charge is 2.75. The zero-order valence-corrected chi connectivity index (χ0v) is 43.1. The van der Waals surface area contributed by atoms with E-state index in [2.05, 4.69) is 19.9 Å². The zero-order chi connectivity index (χ0) is 53.7. The average Bonchev–Trinajstić information content (AvgIpc) is 3.75. The van der Waals surface area contributed by atoms with Crippen molar-refractivity contribution < 1.29 is 114 Å². The third-order valence-electron chi connectivity index (χ3n) is 19.7. The molecule has 0 aromatic rings. The zero-order valence-electron chi connectivity index (χ0n) is 43.1. The van der Waals surface area contributed by atoms with E-state index in [1.165, 1.54) is 19.4 Å². The van der Waals surface area contributed by atoms with Crippen molar-refractivity contribution in [1.29, 1.82) is 0 Å². The number of hydrogen-bond acceptors (Lipinski definition) is 23. The van der Waals surface area contributed by atoms with Gasteiger partial charge in [0.15, 0.2) is 30.9 Å². The highest BCUT2D eigenvalue weighted by molar-refractivity contribution is 5.29. The second-order valence-electron chi connectivity index (χ2n) is 23.9. The van der Waals surface area contributed by atoms with Crippen molar-refractivity contribution in [3.05, 3.63) is 11.6 Å². The molecule has 0 aromatic heterocycles. The van der Waals surface area contributed by atoms with Crippen molar-refractivity contribution in [2.45, 2.75) is 246 Å². The monoisotopic (exact) mass is 1060 g/mol. The van der Waals surface area contributed by atoms with Gasteiger partial charge in [-0.2, -0.15) is 0 Å². The maximum atomic E-state index is 12.9. The quantitative estimate of drug-likeness (QED) is 0.0778. The Labute approximate surface area is 430 Å². The van der Waals surface area contributed by atoms with E-state index < -0.39 is 171 Å². The van der Waals surface area contributed by atoms with E-state index in [0.717, 1.165) is 19.3 Å². The molecule has 14 N–H and O–H groups in total. The van der Waals surface area contributed by atoms with Crippen molar-refractivity contribution >= 4 is 0 Å². The van der Waals surface area contributed by atoms with Crippen LogP contribution in [-0.4, -0.2) is 238 Å². The summed E-state index contributed by atoms with van der Waals surface area (Å²) in [5, 5.41) is 152. The van der Waals surface area contributed by atoms with Gasteiger partial charge in [0.05, 0.1) is 44.2 Å². The van der Waals surface area contributed by atoms with Gasteiger partial charge in [0, 0.05) is 17.8 Å². The number of fused-ring (bicyclic) bond motifs is 7. The van der Waals surface area contributed by atoms with Gasteiger partial charge in [-0.3, -0.25) is 0 Å². The molecule has 0 bridgehead atoms. The average molecular weight is 1070 g/mol.